The second-order valence-corrected chi connectivity index (χ2v) is 6.06. The highest BCUT2D eigenvalue weighted by Gasteiger charge is 2.26. The lowest BCUT2D eigenvalue weighted by molar-refractivity contribution is 0.156. The number of rotatable bonds is 5. The molecule has 0 aromatic heterocycles. The van der Waals surface area contributed by atoms with Gasteiger partial charge in [-0.15, -0.1) is 0 Å². The van der Waals surface area contributed by atoms with Crippen molar-refractivity contribution < 1.29 is 13.2 Å². The molecular formula is C16H23F3N2. The second-order valence-electron chi connectivity index (χ2n) is 6.06. The Morgan fingerprint density at radius 1 is 1.00 bits per heavy atom. The summed E-state index contributed by atoms with van der Waals surface area (Å²) in [7, 11) is 0. The van der Waals surface area contributed by atoms with Crippen molar-refractivity contribution in [2.45, 2.75) is 32.7 Å². The second kappa shape index (κ2) is 7.27. The van der Waals surface area contributed by atoms with Crippen molar-refractivity contribution in [3.05, 3.63) is 35.1 Å². The number of hydrogen-bond donors (Lipinski definition) is 1. The Hall–Kier alpha value is -1.07. The summed E-state index contributed by atoms with van der Waals surface area (Å²) in [6.45, 7) is 7.47. The maximum Gasteiger partial charge on any atom is 0.161 e. The third-order valence-corrected chi connectivity index (χ3v) is 4.01. The lowest BCUT2D eigenvalue weighted by atomic mass is 9.95. The fourth-order valence-corrected chi connectivity index (χ4v) is 2.81. The van der Waals surface area contributed by atoms with Gasteiger partial charge in [0.25, 0.3) is 0 Å². The van der Waals surface area contributed by atoms with Gasteiger partial charge in [0.05, 0.1) is 0 Å². The Morgan fingerprint density at radius 2 is 1.62 bits per heavy atom. The summed E-state index contributed by atoms with van der Waals surface area (Å²) >= 11 is 0. The number of halogens is 3. The van der Waals surface area contributed by atoms with Gasteiger partial charge in [-0.05, 0) is 24.8 Å². The summed E-state index contributed by atoms with van der Waals surface area (Å²) in [5, 5.41) is 3.25. The van der Waals surface area contributed by atoms with Gasteiger partial charge in [0.1, 0.15) is 5.82 Å². The number of nitrogens with zero attached hydrogens (tertiary/aromatic N) is 1. The van der Waals surface area contributed by atoms with Gasteiger partial charge in [-0.2, -0.15) is 0 Å². The van der Waals surface area contributed by atoms with E-state index in [1.165, 1.54) is 0 Å². The lowest BCUT2D eigenvalue weighted by Gasteiger charge is -2.35. The van der Waals surface area contributed by atoms with Gasteiger partial charge in [0, 0.05) is 43.9 Å². The zero-order valence-corrected chi connectivity index (χ0v) is 12.6. The van der Waals surface area contributed by atoms with Crippen LogP contribution in [0, 0.1) is 23.4 Å². The van der Waals surface area contributed by atoms with E-state index in [1.54, 1.807) is 0 Å². The molecule has 118 valence electrons. The van der Waals surface area contributed by atoms with Crippen molar-refractivity contribution in [3.63, 3.8) is 0 Å². The Bertz CT molecular complexity index is 471. The molecule has 0 spiro atoms. The highest BCUT2D eigenvalue weighted by Crippen LogP contribution is 2.30. The van der Waals surface area contributed by atoms with Crippen LogP contribution in [0.1, 0.15) is 38.3 Å². The monoisotopic (exact) mass is 300 g/mol. The van der Waals surface area contributed by atoms with Crippen LogP contribution in [0.4, 0.5) is 13.2 Å². The number of nitrogens with one attached hydrogen (secondary N) is 1. The van der Waals surface area contributed by atoms with Crippen molar-refractivity contribution in [1.29, 1.82) is 0 Å². The van der Waals surface area contributed by atoms with E-state index in [9.17, 15) is 13.2 Å². The molecule has 1 aliphatic rings. The molecule has 0 radical (unpaired) electrons. The minimum Gasteiger partial charge on any atom is -0.314 e. The van der Waals surface area contributed by atoms with Crippen LogP contribution >= 0.6 is 0 Å². The molecule has 1 aromatic rings. The van der Waals surface area contributed by atoms with E-state index in [-0.39, 0.29) is 11.6 Å². The van der Waals surface area contributed by atoms with Gasteiger partial charge < -0.3 is 5.32 Å². The zero-order valence-electron chi connectivity index (χ0n) is 12.6. The van der Waals surface area contributed by atoms with Crippen LogP contribution in [0.25, 0.3) is 0 Å². The van der Waals surface area contributed by atoms with Gasteiger partial charge in [0.2, 0.25) is 0 Å². The molecule has 1 atom stereocenters. The van der Waals surface area contributed by atoms with Gasteiger partial charge in [0.15, 0.2) is 11.6 Å². The Morgan fingerprint density at radius 3 is 2.24 bits per heavy atom. The fraction of sp³-hybridized carbons (Fsp3) is 0.625. The third kappa shape index (κ3) is 4.20. The van der Waals surface area contributed by atoms with E-state index in [0.717, 1.165) is 45.1 Å². The maximum absolute atomic E-state index is 14.1. The van der Waals surface area contributed by atoms with Crippen LogP contribution in [-0.4, -0.2) is 31.1 Å². The number of piperazine rings is 1. The largest absolute Gasteiger partial charge is 0.314 e. The molecule has 21 heavy (non-hydrogen) atoms. The first kappa shape index (κ1) is 16.3. The van der Waals surface area contributed by atoms with Crippen LogP contribution in [0.15, 0.2) is 12.1 Å². The van der Waals surface area contributed by atoms with Crippen molar-refractivity contribution in [3.8, 4) is 0 Å². The first-order valence-electron chi connectivity index (χ1n) is 7.58. The fourth-order valence-electron chi connectivity index (χ4n) is 2.81. The smallest absolute Gasteiger partial charge is 0.161 e. The van der Waals surface area contributed by atoms with Crippen molar-refractivity contribution in [2.24, 2.45) is 5.92 Å². The number of hydrogen-bond acceptors (Lipinski definition) is 2. The molecule has 1 aliphatic heterocycles. The summed E-state index contributed by atoms with van der Waals surface area (Å²) in [6.07, 6.45) is 1.67. The van der Waals surface area contributed by atoms with E-state index in [0.29, 0.717) is 12.0 Å². The average molecular weight is 300 g/mol. The first-order valence-corrected chi connectivity index (χ1v) is 7.58. The third-order valence-electron chi connectivity index (χ3n) is 4.01. The summed E-state index contributed by atoms with van der Waals surface area (Å²) in [5.74, 6) is -2.26. The molecule has 2 nitrogen and oxygen atoms in total. The van der Waals surface area contributed by atoms with Crippen LogP contribution in [0.3, 0.4) is 0 Å². The Balaban J connectivity index is 2.26. The first-order chi connectivity index (χ1) is 9.99. The highest BCUT2D eigenvalue weighted by molar-refractivity contribution is 5.24. The standard InChI is InChI=1S/C16H23F3N2/c1-11(2)3-4-16(21-7-5-20-6-8-21)12-9-14(18)15(19)10-13(12)17/h9-11,16,20H,3-8H2,1-2H3/t16-/m0/s1. The van der Waals surface area contributed by atoms with Crippen LogP contribution in [-0.2, 0) is 0 Å². The molecule has 0 saturated carbocycles. The molecule has 1 fully saturated rings. The molecule has 0 aliphatic carbocycles. The molecule has 1 heterocycles. The quantitative estimate of drug-likeness (QED) is 0.838. The van der Waals surface area contributed by atoms with E-state index in [4.69, 9.17) is 0 Å². The molecule has 5 heteroatoms. The Kier molecular flexibility index (Phi) is 5.65. The maximum atomic E-state index is 14.1. The van der Waals surface area contributed by atoms with Gasteiger partial charge >= 0.3 is 0 Å². The Labute approximate surface area is 124 Å². The molecule has 1 N–H and O–H groups in total. The summed E-state index contributed by atoms with van der Waals surface area (Å²) in [4.78, 5) is 2.16. The van der Waals surface area contributed by atoms with Crippen molar-refractivity contribution in [1.82, 2.24) is 10.2 Å². The predicted molar refractivity (Wildman–Crippen MR) is 77.6 cm³/mol. The van der Waals surface area contributed by atoms with E-state index < -0.39 is 17.5 Å². The molecule has 0 amide bonds. The summed E-state index contributed by atoms with van der Waals surface area (Å²) in [5.41, 5.74) is 0.274. The van der Waals surface area contributed by atoms with E-state index in [2.05, 4.69) is 24.1 Å². The van der Waals surface area contributed by atoms with Gasteiger partial charge in [-0.3, -0.25) is 4.90 Å². The molecule has 0 bridgehead atoms. The highest BCUT2D eigenvalue weighted by atomic mass is 19.2. The lowest BCUT2D eigenvalue weighted by Crippen LogP contribution is -2.45. The topological polar surface area (TPSA) is 15.3 Å². The minimum atomic E-state index is -1.13. The van der Waals surface area contributed by atoms with Crippen LogP contribution in [0.5, 0.6) is 0 Å². The molecule has 0 unspecified atom stereocenters. The van der Waals surface area contributed by atoms with Crippen LogP contribution < -0.4 is 5.32 Å². The van der Waals surface area contributed by atoms with Crippen molar-refractivity contribution >= 4 is 0 Å². The molecule has 1 aromatic carbocycles. The summed E-state index contributed by atoms with van der Waals surface area (Å²) in [6, 6.07) is 1.50. The molecule has 1 saturated heterocycles. The normalized spacial score (nSPS) is 18.2. The number of benzene rings is 1. The van der Waals surface area contributed by atoms with E-state index >= 15 is 0 Å². The van der Waals surface area contributed by atoms with Crippen molar-refractivity contribution in [2.75, 3.05) is 26.2 Å². The summed E-state index contributed by atoms with van der Waals surface area (Å²) < 4.78 is 40.8. The minimum absolute atomic E-state index is 0.190. The van der Waals surface area contributed by atoms with Gasteiger partial charge in [-0.1, -0.05) is 13.8 Å². The molecular weight excluding hydrogens is 277 g/mol. The average Bonchev–Trinajstić information content (AvgIpc) is 2.45. The van der Waals surface area contributed by atoms with Gasteiger partial charge in [-0.25, -0.2) is 13.2 Å². The predicted octanol–water partition coefficient (Wildman–Crippen LogP) is 3.49. The molecule has 2 rings (SSSR count). The zero-order chi connectivity index (χ0) is 15.4. The SMILES string of the molecule is CC(C)CC[C@@H](c1cc(F)c(F)cc1F)N1CCNCC1. The van der Waals surface area contributed by atoms with Crippen LogP contribution in [0.2, 0.25) is 0 Å². The van der Waals surface area contributed by atoms with E-state index in [1.807, 2.05) is 0 Å².